The van der Waals surface area contributed by atoms with Crippen LogP contribution in [0.4, 0.5) is 4.79 Å². The van der Waals surface area contributed by atoms with Crippen LogP contribution in [0.15, 0.2) is 53.7 Å². The molecule has 26 heavy (non-hydrogen) atoms. The number of amides is 2. The van der Waals surface area contributed by atoms with Gasteiger partial charge in [-0.2, -0.15) is 0 Å². The molecule has 1 fully saturated rings. The second-order valence-electron chi connectivity index (χ2n) is 5.57. The molecule has 7 heteroatoms. The van der Waals surface area contributed by atoms with E-state index in [0.717, 1.165) is 39.4 Å². The zero-order valence-corrected chi connectivity index (χ0v) is 14.5. The highest BCUT2D eigenvalue weighted by molar-refractivity contribution is 8.18. The molecular formula is C19H13N3O3S. The van der Waals surface area contributed by atoms with Gasteiger partial charge in [-0.3, -0.25) is 19.9 Å². The van der Waals surface area contributed by atoms with E-state index in [1.54, 1.807) is 25.6 Å². The van der Waals surface area contributed by atoms with Crippen molar-refractivity contribution in [1.82, 2.24) is 15.3 Å². The Hall–Kier alpha value is -3.19. The maximum absolute atomic E-state index is 11.8. The third kappa shape index (κ3) is 3.04. The fourth-order valence-corrected chi connectivity index (χ4v) is 3.45. The highest BCUT2D eigenvalue weighted by atomic mass is 32.2. The van der Waals surface area contributed by atoms with Crippen LogP contribution in [0.25, 0.3) is 28.1 Å². The van der Waals surface area contributed by atoms with E-state index in [1.165, 1.54) is 0 Å². The molecule has 1 aliphatic heterocycles. The van der Waals surface area contributed by atoms with E-state index in [4.69, 9.17) is 4.74 Å². The van der Waals surface area contributed by atoms with Gasteiger partial charge in [-0.05, 0) is 58.8 Å². The Balaban J connectivity index is 1.83. The number of ether oxygens (including phenoxy) is 1. The molecule has 3 heterocycles. The lowest BCUT2D eigenvalue weighted by Crippen LogP contribution is -2.17. The average molecular weight is 363 g/mol. The van der Waals surface area contributed by atoms with Crippen molar-refractivity contribution in [2.24, 2.45) is 0 Å². The molecule has 1 aromatic carbocycles. The zero-order chi connectivity index (χ0) is 18.1. The van der Waals surface area contributed by atoms with Gasteiger partial charge in [-0.25, -0.2) is 4.98 Å². The lowest BCUT2D eigenvalue weighted by molar-refractivity contribution is -0.115. The Kier molecular flexibility index (Phi) is 4.14. The topological polar surface area (TPSA) is 81.2 Å². The normalized spacial score (nSPS) is 15.5. The number of methoxy groups -OCH3 is 1. The number of fused-ring (bicyclic) bond motifs is 1. The van der Waals surface area contributed by atoms with Crippen molar-refractivity contribution in [3.63, 3.8) is 0 Å². The van der Waals surface area contributed by atoms with Crippen LogP contribution in [0, 0.1) is 0 Å². The van der Waals surface area contributed by atoms with Crippen LogP contribution < -0.4 is 10.1 Å². The van der Waals surface area contributed by atoms with Gasteiger partial charge in [-0.15, -0.1) is 0 Å². The summed E-state index contributed by atoms with van der Waals surface area (Å²) in [5.41, 5.74) is 3.59. The van der Waals surface area contributed by atoms with Crippen molar-refractivity contribution in [3.05, 3.63) is 59.3 Å². The largest absolute Gasteiger partial charge is 0.481 e. The molecule has 0 unspecified atom stereocenters. The minimum Gasteiger partial charge on any atom is -0.481 e. The summed E-state index contributed by atoms with van der Waals surface area (Å²) in [4.78, 5) is 32.0. The molecule has 0 radical (unpaired) electrons. The fraction of sp³-hybridized carbons (Fsp3) is 0.0526. The number of pyridine rings is 2. The van der Waals surface area contributed by atoms with Gasteiger partial charge in [0.15, 0.2) is 0 Å². The van der Waals surface area contributed by atoms with Gasteiger partial charge in [-0.1, -0.05) is 6.07 Å². The monoisotopic (exact) mass is 363 g/mol. The van der Waals surface area contributed by atoms with Crippen LogP contribution >= 0.6 is 11.8 Å². The third-order valence-electron chi connectivity index (χ3n) is 3.96. The second kappa shape index (κ2) is 6.61. The van der Waals surface area contributed by atoms with E-state index in [9.17, 15) is 9.59 Å². The first kappa shape index (κ1) is 16.3. The zero-order valence-electron chi connectivity index (χ0n) is 13.7. The molecule has 4 rings (SSSR count). The van der Waals surface area contributed by atoms with Crippen LogP contribution in [0.1, 0.15) is 5.56 Å². The number of hydrogen-bond donors (Lipinski definition) is 1. The molecule has 3 aromatic rings. The van der Waals surface area contributed by atoms with Gasteiger partial charge in [0.2, 0.25) is 5.88 Å². The average Bonchev–Trinajstić information content (AvgIpc) is 2.98. The number of carbonyl (C=O) groups is 2. The highest BCUT2D eigenvalue weighted by Gasteiger charge is 2.24. The fourth-order valence-electron chi connectivity index (χ4n) is 2.77. The smallest absolute Gasteiger partial charge is 0.290 e. The number of thioether (sulfide) groups is 1. The van der Waals surface area contributed by atoms with Crippen LogP contribution in [0.5, 0.6) is 5.88 Å². The van der Waals surface area contributed by atoms with Crippen LogP contribution in [0.3, 0.4) is 0 Å². The molecule has 1 aliphatic rings. The van der Waals surface area contributed by atoms with Gasteiger partial charge in [0, 0.05) is 23.8 Å². The van der Waals surface area contributed by atoms with E-state index in [1.807, 2.05) is 36.4 Å². The van der Waals surface area contributed by atoms with Gasteiger partial charge >= 0.3 is 0 Å². The van der Waals surface area contributed by atoms with E-state index in [2.05, 4.69) is 15.3 Å². The number of nitrogens with one attached hydrogen (secondary N) is 1. The molecule has 1 N–H and O–H groups in total. The molecule has 128 valence electrons. The minimum atomic E-state index is -0.370. The van der Waals surface area contributed by atoms with Crippen molar-refractivity contribution >= 4 is 39.9 Å². The van der Waals surface area contributed by atoms with Gasteiger partial charge < -0.3 is 4.74 Å². The maximum Gasteiger partial charge on any atom is 0.290 e. The van der Waals surface area contributed by atoms with Gasteiger partial charge in [0.1, 0.15) is 0 Å². The summed E-state index contributed by atoms with van der Waals surface area (Å²) >= 11 is 0.901. The predicted molar refractivity (Wildman–Crippen MR) is 101 cm³/mol. The molecule has 0 bridgehead atoms. The van der Waals surface area contributed by atoms with E-state index < -0.39 is 0 Å². The summed E-state index contributed by atoms with van der Waals surface area (Å²) in [6, 6.07) is 11.4. The molecule has 2 amide bonds. The van der Waals surface area contributed by atoms with Crippen LogP contribution in [-0.4, -0.2) is 28.2 Å². The lowest BCUT2D eigenvalue weighted by Gasteiger charge is -2.08. The summed E-state index contributed by atoms with van der Waals surface area (Å²) in [6.45, 7) is 0. The third-order valence-corrected chi connectivity index (χ3v) is 4.77. The second-order valence-corrected chi connectivity index (χ2v) is 6.59. The standard InChI is InChI=1S/C19H13N3O3S/c1-25-17-10-12(4-6-21-17)13-5-7-20-15-3-2-11(8-14(13)15)9-16-18(23)22-19(24)26-16/h2-10H,1H3,(H,22,23,24). The predicted octanol–water partition coefficient (Wildman–Crippen LogP) is 3.63. The number of benzene rings is 1. The van der Waals surface area contributed by atoms with Gasteiger partial charge in [0.25, 0.3) is 11.1 Å². The number of imide groups is 1. The van der Waals surface area contributed by atoms with Crippen molar-refractivity contribution in [1.29, 1.82) is 0 Å². The summed E-state index contributed by atoms with van der Waals surface area (Å²) in [5, 5.41) is 2.84. The molecule has 0 aliphatic carbocycles. The SMILES string of the molecule is COc1cc(-c2ccnc3ccc(C=C4SC(=O)NC4=O)cc23)ccn1. The first-order valence-corrected chi connectivity index (χ1v) is 8.60. The first-order chi connectivity index (χ1) is 12.6. The molecule has 0 saturated carbocycles. The number of hydrogen-bond acceptors (Lipinski definition) is 6. The van der Waals surface area contributed by atoms with E-state index in [0.29, 0.717) is 10.8 Å². The quantitative estimate of drug-likeness (QED) is 0.716. The highest BCUT2D eigenvalue weighted by Crippen LogP contribution is 2.31. The summed E-state index contributed by atoms with van der Waals surface area (Å²) < 4.78 is 5.21. The van der Waals surface area contributed by atoms with Crippen molar-refractivity contribution < 1.29 is 14.3 Å². The molecule has 1 saturated heterocycles. The summed E-state index contributed by atoms with van der Waals surface area (Å²) in [5.74, 6) is 0.161. The maximum atomic E-state index is 11.8. The molecule has 0 spiro atoms. The Bertz CT molecular complexity index is 1080. The Morgan fingerprint density at radius 1 is 1.08 bits per heavy atom. The molecule has 0 atom stereocenters. The van der Waals surface area contributed by atoms with Crippen molar-refractivity contribution in [2.45, 2.75) is 0 Å². The number of nitrogens with zero attached hydrogens (tertiary/aromatic N) is 2. The minimum absolute atomic E-state index is 0.353. The Morgan fingerprint density at radius 3 is 2.69 bits per heavy atom. The Labute approximate surface area is 153 Å². The summed E-state index contributed by atoms with van der Waals surface area (Å²) in [6.07, 6.45) is 5.15. The Morgan fingerprint density at radius 2 is 1.92 bits per heavy atom. The molecule has 6 nitrogen and oxygen atoms in total. The molecular weight excluding hydrogens is 350 g/mol. The van der Waals surface area contributed by atoms with Crippen molar-refractivity contribution in [3.8, 4) is 17.0 Å². The van der Waals surface area contributed by atoms with Gasteiger partial charge in [0.05, 0.1) is 17.5 Å². The number of aromatic nitrogens is 2. The first-order valence-electron chi connectivity index (χ1n) is 7.78. The summed E-state index contributed by atoms with van der Waals surface area (Å²) in [7, 11) is 1.58. The van der Waals surface area contributed by atoms with Crippen LogP contribution in [-0.2, 0) is 4.79 Å². The number of carbonyl (C=O) groups excluding carboxylic acids is 2. The molecule has 2 aromatic heterocycles. The van der Waals surface area contributed by atoms with E-state index in [-0.39, 0.29) is 11.1 Å². The lowest BCUT2D eigenvalue weighted by atomic mass is 10.0. The van der Waals surface area contributed by atoms with E-state index >= 15 is 0 Å². The van der Waals surface area contributed by atoms with Crippen molar-refractivity contribution in [2.75, 3.05) is 7.11 Å². The van der Waals surface area contributed by atoms with Crippen LogP contribution in [0.2, 0.25) is 0 Å². The number of rotatable bonds is 3.